The number of ether oxygens (including phenoxy) is 1. The fraction of sp³-hybridized carbons (Fsp3) is 0.364. The fourth-order valence-electron chi connectivity index (χ4n) is 6.39. The highest BCUT2D eigenvalue weighted by Gasteiger charge is 2.54. The molecule has 2 aliphatic rings. The molecular formula is C33H35IN2O6S. The summed E-state index contributed by atoms with van der Waals surface area (Å²) in [5.74, 6) is -1.86. The number of aliphatic hydroxyl groups is 2. The van der Waals surface area contributed by atoms with Crippen LogP contribution in [0.3, 0.4) is 0 Å². The zero-order valence-corrected chi connectivity index (χ0v) is 27.0. The molecule has 0 radical (unpaired) electrons. The van der Waals surface area contributed by atoms with Crippen molar-refractivity contribution in [3.8, 4) is 11.5 Å². The Hall–Kier alpha value is -3.06. The van der Waals surface area contributed by atoms with Gasteiger partial charge >= 0.3 is 0 Å². The van der Waals surface area contributed by atoms with Gasteiger partial charge in [0.1, 0.15) is 0 Å². The highest BCUT2D eigenvalue weighted by atomic mass is 127. The van der Waals surface area contributed by atoms with Crippen LogP contribution in [0, 0.1) is 21.3 Å². The fourth-order valence-corrected chi connectivity index (χ4v) is 7.70. The lowest BCUT2D eigenvalue weighted by Gasteiger charge is -2.36. The van der Waals surface area contributed by atoms with Crippen LogP contribution in [0.1, 0.15) is 48.7 Å². The minimum absolute atomic E-state index is 0.0774. The van der Waals surface area contributed by atoms with Gasteiger partial charge in [-0.3, -0.25) is 19.5 Å². The van der Waals surface area contributed by atoms with E-state index in [9.17, 15) is 24.9 Å². The van der Waals surface area contributed by atoms with Crippen LogP contribution in [0.4, 0.5) is 0 Å². The molecule has 226 valence electrons. The summed E-state index contributed by atoms with van der Waals surface area (Å²) in [4.78, 5) is 33.8. The molecule has 8 nitrogen and oxygen atoms in total. The van der Waals surface area contributed by atoms with E-state index < -0.39 is 23.9 Å². The number of hydrogen-bond donors (Lipinski definition) is 3. The van der Waals surface area contributed by atoms with E-state index in [0.717, 1.165) is 27.3 Å². The number of allylic oxidation sites excluding steroid dienone is 2. The van der Waals surface area contributed by atoms with Crippen LogP contribution in [0.15, 0.2) is 65.2 Å². The van der Waals surface area contributed by atoms with E-state index in [1.54, 1.807) is 12.3 Å². The SMILES string of the molecule is CCC1=C([C@H](O)CC/C(=C/c2cc(I)c(O)c(OC)c2)c2ccccn2)[C@H](CO)[C@@H]2C(=O)N(Cc3cccs3)C(=O)[C@@H]2C1. The maximum Gasteiger partial charge on any atom is 0.234 e. The number of carbonyl (C=O) groups excluding carboxylic acids is 2. The van der Waals surface area contributed by atoms with Crippen LogP contribution >= 0.6 is 33.9 Å². The molecule has 1 saturated heterocycles. The number of aromatic hydroxyl groups is 1. The van der Waals surface area contributed by atoms with Gasteiger partial charge in [-0.1, -0.05) is 24.6 Å². The molecule has 43 heavy (non-hydrogen) atoms. The van der Waals surface area contributed by atoms with Gasteiger partial charge in [-0.2, -0.15) is 0 Å². The van der Waals surface area contributed by atoms with Crippen molar-refractivity contribution in [2.45, 2.75) is 45.3 Å². The summed E-state index contributed by atoms with van der Waals surface area (Å²) in [6.07, 6.45) is 4.59. The first-order chi connectivity index (χ1) is 20.8. The maximum atomic E-state index is 13.6. The van der Waals surface area contributed by atoms with Crippen LogP contribution in [-0.4, -0.2) is 56.8 Å². The second-order valence-corrected chi connectivity index (χ2v) is 13.1. The van der Waals surface area contributed by atoms with Crippen LogP contribution < -0.4 is 4.74 Å². The molecule has 2 amide bonds. The van der Waals surface area contributed by atoms with E-state index >= 15 is 0 Å². The number of aliphatic hydroxyl groups excluding tert-OH is 2. The Labute approximate surface area is 268 Å². The highest BCUT2D eigenvalue weighted by molar-refractivity contribution is 14.1. The number of methoxy groups -OCH3 is 1. The van der Waals surface area contributed by atoms with E-state index in [2.05, 4.69) is 27.6 Å². The summed E-state index contributed by atoms with van der Waals surface area (Å²) in [6.45, 7) is 1.90. The molecule has 3 N–H and O–H groups in total. The summed E-state index contributed by atoms with van der Waals surface area (Å²) in [5.41, 5.74) is 4.08. The van der Waals surface area contributed by atoms with Gasteiger partial charge in [-0.25, -0.2) is 0 Å². The Morgan fingerprint density at radius 1 is 1.23 bits per heavy atom. The average molecular weight is 715 g/mol. The highest BCUT2D eigenvalue weighted by Crippen LogP contribution is 2.47. The molecule has 10 heteroatoms. The normalized spacial score (nSPS) is 21.4. The van der Waals surface area contributed by atoms with E-state index in [0.29, 0.717) is 40.6 Å². The third-order valence-corrected chi connectivity index (χ3v) is 10.1. The summed E-state index contributed by atoms with van der Waals surface area (Å²) < 4.78 is 5.99. The third-order valence-electron chi connectivity index (χ3n) is 8.44. The zero-order chi connectivity index (χ0) is 30.7. The lowest BCUT2D eigenvalue weighted by Crippen LogP contribution is -2.39. The van der Waals surface area contributed by atoms with E-state index in [4.69, 9.17) is 4.74 Å². The van der Waals surface area contributed by atoms with Crippen LogP contribution in [-0.2, 0) is 16.1 Å². The van der Waals surface area contributed by atoms with Gasteiger partial charge < -0.3 is 20.1 Å². The molecule has 1 aromatic carbocycles. The number of halogens is 1. The van der Waals surface area contributed by atoms with Crippen molar-refractivity contribution >= 4 is 57.4 Å². The van der Waals surface area contributed by atoms with Gasteiger partial charge in [0.05, 0.1) is 47.5 Å². The van der Waals surface area contributed by atoms with Crippen LogP contribution in [0.5, 0.6) is 11.5 Å². The van der Waals surface area contributed by atoms with Gasteiger partial charge in [0, 0.05) is 17.0 Å². The molecule has 3 heterocycles. The van der Waals surface area contributed by atoms with Crippen LogP contribution in [0.2, 0.25) is 0 Å². The zero-order valence-electron chi connectivity index (χ0n) is 24.1. The van der Waals surface area contributed by atoms with Gasteiger partial charge in [0.25, 0.3) is 0 Å². The monoisotopic (exact) mass is 714 g/mol. The second kappa shape index (κ2) is 13.7. The van der Waals surface area contributed by atoms with E-state index in [-0.39, 0.29) is 30.7 Å². The molecule has 3 aromatic rings. The van der Waals surface area contributed by atoms with Gasteiger partial charge in [-0.05, 0) is 107 Å². The number of pyridine rings is 1. The summed E-state index contributed by atoms with van der Waals surface area (Å²) in [6, 6.07) is 13.1. The number of benzene rings is 1. The first-order valence-electron chi connectivity index (χ1n) is 14.3. The predicted octanol–water partition coefficient (Wildman–Crippen LogP) is 5.66. The van der Waals surface area contributed by atoms with E-state index in [1.807, 2.05) is 54.8 Å². The third kappa shape index (κ3) is 6.43. The number of carbonyl (C=O) groups is 2. The Kier molecular flexibility index (Phi) is 10.0. The number of hydrogen-bond acceptors (Lipinski definition) is 8. The summed E-state index contributed by atoms with van der Waals surface area (Å²) >= 11 is 3.56. The Morgan fingerprint density at radius 3 is 2.70 bits per heavy atom. The quantitative estimate of drug-likeness (QED) is 0.133. The first kappa shape index (κ1) is 31.4. The van der Waals surface area contributed by atoms with Crippen molar-refractivity contribution in [2.75, 3.05) is 13.7 Å². The van der Waals surface area contributed by atoms with Crippen molar-refractivity contribution in [1.82, 2.24) is 9.88 Å². The number of phenols is 1. The molecule has 0 unspecified atom stereocenters. The van der Waals surface area contributed by atoms with Crippen molar-refractivity contribution in [3.63, 3.8) is 0 Å². The molecule has 1 aliphatic heterocycles. The second-order valence-electron chi connectivity index (χ2n) is 10.9. The number of phenolic OH excluding ortho intramolecular Hbond substituents is 1. The number of thiophene rings is 1. The standard InChI is InChI=1S/C33H35IN2O6S/c1-3-20-16-23-30(33(41)36(32(23)40)17-22-7-6-12-43-22)24(18-37)29(20)27(38)10-9-21(26-8-4-5-11-35-26)13-19-14-25(34)31(39)28(15-19)42-2/h4-8,11-15,23-24,27,30,37-39H,3,9-10,16-18H2,1-2H3/b21-13-/t23-,24+,27-,30-/m1/s1. The van der Waals surface area contributed by atoms with Crippen molar-refractivity contribution in [3.05, 3.63) is 84.9 Å². The lowest BCUT2D eigenvalue weighted by atomic mass is 9.67. The number of imide groups is 1. The van der Waals surface area contributed by atoms with Crippen molar-refractivity contribution < 1.29 is 29.6 Å². The molecule has 1 aliphatic carbocycles. The van der Waals surface area contributed by atoms with Gasteiger partial charge in [0.15, 0.2) is 11.5 Å². The van der Waals surface area contributed by atoms with E-state index in [1.165, 1.54) is 23.3 Å². The Bertz CT molecular complexity index is 1540. The molecule has 0 bridgehead atoms. The molecule has 4 atom stereocenters. The number of rotatable bonds is 11. The average Bonchev–Trinajstić information content (AvgIpc) is 3.62. The Balaban J connectivity index is 1.42. The van der Waals surface area contributed by atoms with Crippen molar-refractivity contribution in [1.29, 1.82) is 0 Å². The largest absolute Gasteiger partial charge is 0.504 e. The number of aromatic nitrogens is 1. The molecule has 0 spiro atoms. The molecule has 5 rings (SSSR count). The summed E-state index contributed by atoms with van der Waals surface area (Å²) in [7, 11) is 1.50. The van der Waals surface area contributed by atoms with Gasteiger partial charge in [0.2, 0.25) is 11.8 Å². The van der Waals surface area contributed by atoms with Crippen LogP contribution in [0.25, 0.3) is 11.6 Å². The molecule has 0 saturated carbocycles. The minimum atomic E-state index is -0.913. The minimum Gasteiger partial charge on any atom is -0.504 e. The predicted molar refractivity (Wildman–Crippen MR) is 174 cm³/mol. The maximum absolute atomic E-state index is 13.6. The topological polar surface area (TPSA) is 120 Å². The van der Waals surface area contributed by atoms with Gasteiger partial charge in [-0.15, -0.1) is 11.3 Å². The van der Waals surface area contributed by atoms with Crippen molar-refractivity contribution in [2.24, 2.45) is 17.8 Å². The lowest BCUT2D eigenvalue weighted by molar-refractivity contribution is -0.140. The summed E-state index contributed by atoms with van der Waals surface area (Å²) in [5, 5.41) is 34.5. The number of amides is 2. The Morgan fingerprint density at radius 2 is 2.05 bits per heavy atom. The molecule has 2 aromatic heterocycles. The molecular weight excluding hydrogens is 679 g/mol. The molecule has 1 fully saturated rings. The number of fused-ring (bicyclic) bond motifs is 1. The number of nitrogens with zero attached hydrogens (tertiary/aromatic N) is 2. The number of likely N-dealkylation sites (tertiary alicyclic amines) is 1. The first-order valence-corrected chi connectivity index (χ1v) is 16.3. The smallest absolute Gasteiger partial charge is 0.234 e.